The number of carbonyl (C=O) groups is 2. The van der Waals surface area contributed by atoms with Crippen LogP contribution in [-0.4, -0.2) is 38.3 Å². The van der Waals surface area contributed by atoms with Crippen LogP contribution in [0.15, 0.2) is 60.3 Å². The van der Waals surface area contributed by atoms with Crippen molar-refractivity contribution in [3.05, 3.63) is 60.3 Å². The first-order valence-corrected chi connectivity index (χ1v) is 9.29. The first kappa shape index (κ1) is 19.5. The maximum atomic E-state index is 12.4. The highest BCUT2D eigenvalue weighted by Crippen LogP contribution is 2.41. The van der Waals surface area contributed by atoms with Crippen LogP contribution in [0.2, 0.25) is 0 Å². The van der Waals surface area contributed by atoms with Crippen molar-refractivity contribution < 1.29 is 23.8 Å². The number of esters is 2. The molecule has 0 saturated carbocycles. The number of ether oxygens (including phenoxy) is 3. The molecule has 0 saturated heterocycles. The van der Waals surface area contributed by atoms with Crippen molar-refractivity contribution >= 4 is 17.6 Å². The van der Waals surface area contributed by atoms with Crippen molar-refractivity contribution in [1.82, 2.24) is 0 Å². The van der Waals surface area contributed by atoms with Crippen LogP contribution in [0.3, 0.4) is 0 Å². The summed E-state index contributed by atoms with van der Waals surface area (Å²) in [6, 6.07) is 15.7. The molecule has 146 valence electrons. The number of nitrogens with zero attached hydrogens (tertiary/aromatic N) is 1. The standard InChI is InChI=1S/C22H23NO5/c1-3-26-21(24)18(22(25)27-4-2)15-23-13-14-28-19-12-8-11-17(20(19)23)16-9-6-5-7-10-16/h5-12,15H,3-4,13-14H2,1-2H3. The monoisotopic (exact) mass is 381 g/mol. The summed E-state index contributed by atoms with van der Waals surface area (Å²) in [6.45, 7) is 4.64. The van der Waals surface area contributed by atoms with Crippen LogP contribution in [0.25, 0.3) is 11.1 Å². The molecule has 0 aliphatic carbocycles. The van der Waals surface area contributed by atoms with Crippen molar-refractivity contribution in [2.45, 2.75) is 13.8 Å². The molecule has 6 heteroatoms. The van der Waals surface area contributed by atoms with Crippen LogP contribution in [0, 0.1) is 0 Å². The average Bonchev–Trinajstić information content (AvgIpc) is 2.72. The first-order valence-electron chi connectivity index (χ1n) is 9.29. The van der Waals surface area contributed by atoms with E-state index in [0.29, 0.717) is 18.9 Å². The van der Waals surface area contributed by atoms with Crippen molar-refractivity contribution in [1.29, 1.82) is 0 Å². The predicted octanol–water partition coefficient (Wildman–Crippen LogP) is 3.56. The van der Waals surface area contributed by atoms with Crippen molar-refractivity contribution in [2.75, 3.05) is 31.3 Å². The molecule has 1 aliphatic heterocycles. The maximum Gasteiger partial charge on any atom is 0.347 e. The fraction of sp³-hybridized carbons (Fsp3) is 0.273. The summed E-state index contributed by atoms with van der Waals surface area (Å²) in [5.41, 5.74) is 2.61. The zero-order valence-corrected chi connectivity index (χ0v) is 16.0. The van der Waals surface area contributed by atoms with Gasteiger partial charge in [-0.05, 0) is 25.5 Å². The second-order valence-corrected chi connectivity index (χ2v) is 6.04. The summed E-state index contributed by atoms with van der Waals surface area (Å²) in [5.74, 6) is -0.715. The number of para-hydroxylation sites is 1. The molecule has 0 aromatic heterocycles. The summed E-state index contributed by atoms with van der Waals surface area (Å²) in [7, 11) is 0. The van der Waals surface area contributed by atoms with Gasteiger partial charge in [-0.25, -0.2) is 9.59 Å². The van der Waals surface area contributed by atoms with Gasteiger partial charge in [0.1, 0.15) is 12.4 Å². The maximum absolute atomic E-state index is 12.4. The third-order valence-electron chi connectivity index (χ3n) is 4.24. The van der Waals surface area contributed by atoms with Crippen LogP contribution in [-0.2, 0) is 19.1 Å². The molecule has 1 heterocycles. The number of rotatable bonds is 6. The Hall–Kier alpha value is -3.28. The Bertz CT molecular complexity index is 856. The van der Waals surface area contributed by atoms with Gasteiger partial charge in [-0.3, -0.25) is 0 Å². The van der Waals surface area contributed by atoms with Gasteiger partial charge in [0.2, 0.25) is 0 Å². The highest BCUT2D eigenvalue weighted by atomic mass is 16.6. The SMILES string of the molecule is CCOC(=O)C(=CN1CCOc2cccc(-c3ccccc3)c21)C(=O)OCC. The molecule has 2 aromatic carbocycles. The molecule has 0 bridgehead atoms. The highest BCUT2D eigenvalue weighted by Gasteiger charge is 2.26. The van der Waals surface area contributed by atoms with Gasteiger partial charge in [0.15, 0.2) is 5.57 Å². The molecule has 6 nitrogen and oxygen atoms in total. The minimum absolute atomic E-state index is 0.139. The molecule has 0 spiro atoms. The van der Waals surface area contributed by atoms with Crippen LogP contribution in [0.5, 0.6) is 5.75 Å². The van der Waals surface area contributed by atoms with Gasteiger partial charge < -0.3 is 19.1 Å². The van der Waals surface area contributed by atoms with E-state index < -0.39 is 11.9 Å². The smallest absolute Gasteiger partial charge is 0.347 e. The second kappa shape index (κ2) is 9.08. The Morgan fingerprint density at radius 3 is 2.32 bits per heavy atom. The largest absolute Gasteiger partial charge is 0.490 e. The Balaban J connectivity index is 2.08. The van der Waals surface area contributed by atoms with Gasteiger partial charge in [-0.15, -0.1) is 0 Å². The molecule has 2 aromatic rings. The molecular weight excluding hydrogens is 358 g/mol. The summed E-state index contributed by atoms with van der Waals surface area (Å²) in [6.07, 6.45) is 1.50. The van der Waals surface area contributed by atoms with E-state index in [1.54, 1.807) is 13.8 Å². The van der Waals surface area contributed by atoms with Gasteiger partial charge in [-0.1, -0.05) is 42.5 Å². The molecule has 0 radical (unpaired) electrons. The Morgan fingerprint density at radius 1 is 1.00 bits per heavy atom. The Kier molecular flexibility index (Phi) is 6.32. The molecule has 3 rings (SSSR count). The summed E-state index contributed by atoms with van der Waals surface area (Å²) < 4.78 is 15.9. The fourth-order valence-corrected chi connectivity index (χ4v) is 3.04. The van der Waals surface area contributed by atoms with E-state index in [9.17, 15) is 9.59 Å². The molecule has 0 atom stereocenters. The molecule has 28 heavy (non-hydrogen) atoms. The number of benzene rings is 2. The molecule has 0 unspecified atom stereocenters. The molecular formula is C22H23NO5. The number of hydrogen-bond acceptors (Lipinski definition) is 6. The minimum Gasteiger partial charge on any atom is -0.490 e. The third kappa shape index (κ3) is 4.17. The lowest BCUT2D eigenvalue weighted by Crippen LogP contribution is -2.31. The molecule has 1 aliphatic rings. The lowest BCUT2D eigenvalue weighted by atomic mass is 10.0. The molecule has 0 fully saturated rings. The van der Waals surface area contributed by atoms with E-state index in [2.05, 4.69) is 0 Å². The topological polar surface area (TPSA) is 65.1 Å². The second-order valence-electron chi connectivity index (χ2n) is 6.04. The summed E-state index contributed by atoms with van der Waals surface area (Å²) in [4.78, 5) is 26.6. The normalized spacial score (nSPS) is 12.4. The summed E-state index contributed by atoms with van der Waals surface area (Å²) >= 11 is 0. The van der Waals surface area contributed by atoms with Crippen molar-refractivity contribution in [2.24, 2.45) is 0 Å². The number of anilines is 1. The van der Waals surface area contributed by atoms with E-state index in [1.807, 2.05) is 53.4 Å². The van der Waals surface area contributed by atoms with Gasteiger partial charge in [0.25, 0.3) is 0 Å². The zero-order valence-electron chi connectivity index (χ0n) is 16.0. The number of hydrogen-bond donors (Lipinski definition) is 0. The first-order chi connectivity index (χ1) is 13.7. The van der Waals surface area contributed by atoms with Crippen LogP contribution in [0.4, 0.5) is 5.69 Å². The lowest BCUT2D eigenvalue weighted by molar-refractivity contribution is -0.146. The molecule has 0 amide bonds. The summed E-state index contributed by atoms with van der Waals surface area (Å²) in [5, 5.41) is 0. The minimum atomic E-state index is -0.703. The Morgan fingerprint density at radius 2 is 1.68 bits per heavy atom. The van der Waals surface area contributed by atoms with E-state index in [0.717, 1.165) is 16.8 Å². The van der Waals surface area contributed by atoms with Crippen LogP contribution in [0.1, 0.15) is 13.8 Å². The van der Waals surface area contributed by atoms with Gasteiger partial charge in [0, 0.05) is 11.8 Å². The fourth-order valence-electron chi connectivity index (χ4n) is 3.04. The Labute approximate surface area is 164 Å². The van der Waals surface area contributed by atoms with E-state index in [4.69, 9.17) is 14.2 Å². The van der Waals surface area contributed by atoms with E-state index >= 15 is 0 Å². The predicted molar refractivity (Wildman–Crippen MR) is 106 cm³/mol. The highest BCUT2D eigenvalue weighted by molar-refractivity contribution is 6.14. The molecule has 0 N–H and O–H groups in total. The number of fused-ring (bicyclic) bond motifs is 1. The average molecular weight is 381 g/mol. The van der Waals surface area contributed by atoms with Gasteiger partial charge in [-0.2, -0.15) is 0 Å². The zero-order chi connectivity index (χ0) is 19.9. The lowest BCUT2D eigenvalue weighted by Gasteiger charge is -2.31. The van der Waals surface area contributed by atoms with Crippen molar-refractivity contribution in [3.63, 3.8) is 0 Å². The quantitative estimate of drug-likeness (QED) is 0.330. The van der Waals surface area contributed by atoms with Crippen molar-refractivity contribution in [3.8, 4) is 16.9 Å². The third-order valence-corrected chi connectivity index (χ3v) is 4.24. The van der Waals surface area contributed by atoms with E-state index in [1.165, 1.54) is 6.20 Å². The van der Waals surface area contributed by atoms with E-state index in [-0.39, 0.29) is 18.8 Å². The number of carbonyl (C=O) groups excluding carboxylic acids is 2. The van der Waals surface area contributed by atoms with Crippen LogP contribution >= 0.6 is 0 Å². The van der Waals surface area contributed by atoms with Gasteiger partial charge >= 0.3 is 11.9 Å². The van der Waals surface area contributed by atoms with Gasteiger partial charge in [0.05, 0.1) is 25.4 Å². The van der Waals surface area contributed by atoms with Crippen LogP contribution < -0.4 is 9.64 Å².